The van der Waals surface area contributed by atoms with Crippen molar-refractivity contribution in [2.45, 2.75) is 19.6 Å². The van der Waals surface area contributed by atoms with Gasteiger partial charge in [-0.15, -0.1) is 0 Å². The molecular weight excluding hydrogens is 202 g/mol. The Morgan fingerprint density at radius 3 is 2.75 bits per heavy atom. The molecule has 1 aromatic heterocycles. The van der Waals surface area contributed by atoms with Crippen LogP contribution < -0.4 is 0 Å². The molecule has 0 fully saturated rings. The minimum absolute atomic E-state index is 0.278. The van der Waals surface area contributed by atoms with Crippen LogP contribution in [-0.2, 0) is 6.54 Å². The second kappa shape index (κ2) is 4.41. The van der Waals surface area contributed by atoms with E-state index in [-0.39, 0.29) is 5.75 Å². The van der Waals surface area contributed by atoms with Gasteiger partial charge in [-0.1, -0.05) is 12.1 Å². The first-order chi connectivity index (χ1) is 7.65. The first-order valence-corrected chi connectivity index (χ1v) is 5.27. The SMILES string of the molecule is CC(O)c1ccn(Cc2cccc(O)c2)c1. The van der Waals surface area contributed by atoms with E-state index in [1.807, 2.05) is 35.2 Å². The Balaban J connectivity index is 2.14. The van der Waals surface area contributed by atoms with Gasteiger partial charge in [-0.25, -0.2) is 0 Å². The van der Waals surface area contributed by atoms with E-state index in [1.165, 1.54) is 0 Å². The van der Waals surface area contributed by atoms with Gasteiger partial charge < -0.3 is 14.8 Å². The number of phenols is 1. The Labute approximate surface area is 94.6 Å². The molecule has 1 aromatic carbocycles. The second-order valence-corrected chi connectivity index (χ2v) is 3.96. The summed E-state index contributed by atoms with van der Waals surface area (Å²) in [5.74, 6) is 0.278. The topological polar surface area (TPSA) is 45.4 Å². The van der Waals surface area contributed by atoms with E-state index in [0.717, 1.165) is 11.1 Å². The lowest BCUT2D eigenvalue weighted by atomic mass is 10.2. The fraction of sp³-hybridized carbons (Fsp3) is 0.231. The molecule has 3 nitrogen and oxygen atoms in total. The summed E-state index contributed by atoms with van der Waals surface area (Å²) in [4.78, 5) is 0. The van der Waals surface area contributed by atoms with Crippen molar-refractivity contribution >= 4 is 0 Å². The maximum Gasteiger partial charge on any atom is 0.115 e. The van der Waals surface area contributed by atoms with E-state index in [0.29, 0.717) is 6.54 Å². The molecule has 2 N–H and O–H groups in total. The maximum absolute atomic E-state index is 9.39. The normalized spacial score (nSPS) is 12.6. The standard InChI is InChI=1S/C13H15NO2/c1-10(15)12-5-6-14(9-12)8-11-3-2-4-13(16)7-11/h2-7,9-10,15-16H,8H2,1H3. The third-order valence-electron chi connectivity index (χ3n) is 2.53. The molecule has 3 heteroatoms. The van der Waals surface area contributed by atoms with Gasteiger partial charge in [0, 0.05) is 18.9 Å². The van der Waals surface area contributed by atoms with Crippen LogP contribution in [0.15, 0.2) is 42.7 Å². The van der Waals surface area contributed by atoms with Gasteiger partial charge in [0.25, 0.3) is 0 Å². The Hall–Kier alpha value is -1.74. The number of benzene rings is 1. The molecule has 16 heavy (non-hydrogen) atoms. The van der Waals surface area contributed by atoms with Gasteiger partial charge >= 0.3 is 0 Å². The molecule has 0 aliphatic carbocycles. The summed E-state index contributed by atoms with van der Waals surface area (Å²) >= 11 is 0. The lowest BCUT2D eigenvalue weighted by Gasteiger charge is -2.04. The van der Waals surface area contributed by atoms with Gasteiger partial charge in [-0.2, -0.15) is 0 Å². The number of aromatic nitrogens is 1. The highest BCUT2D eigenvalue weighted by Gasteiger charge is 2.03. The van der Waals surface area contributed by atoms with E-state index in [9.17, 15) is 10.2 Å². The second-order valence-electron chi connectivity index (χ2n) is 3.96. The molecule has 0 aliphatic heterocycles. The first-order valence-electron chi connectivity index (χ1n) is 5.27. The van der Waals surface area contributed by atoms with Crippen LogP contribution in [-0.4, -0.2) is 14.8 Å². The fourth-order valence-electron chi connectivity index (χ4n) is 1.67. The van der Waals surface area contributed by atoms with Crippen molar-refractivity contribution in [1.29, 1.82) is 0 Å². The van der Waals surface area contributed by atoms with Crippen molar-refractivity contribution in [2.24, 2.45) is 0 Å². The lowest BCUT2D eigenvalue weighted by Crippen LogP contribution is -1.96. The van der Waals surface area contributed by atoms with Crippen LogP contribution in [0.4, 0.5) is 0 Å². The van der Waals surface area contributed by atoms with Crippen LogP contribution in [0.3, 0.4) is 0 Å². The minimum Gasteiger partial charge on any atom is -0.508 e. The number of rotatable bonds is 3. The number of aliphatic hydroxyl groups is 1. The van der Waals surface area contributed by atoms with Crippen molar-refractivity contribution < 1.29 is 10.2 Å². The van der Waals surface area contributed by atoms with Crippen molar-refractivity contribution in [3.05, 3.63) is 53.9 Å². The lowest BCUT2D eigenvalue weighted by molar-refractivity contribution is 0.199. The highest BCUT2D eigenvalue weighted by atomic mass is 16.3. The van der Waals surface area contributed by atoms with Crippen molar-refractivity contribution in [1.82, 2.24) is 4.57 Å². The fourth-order valence-corrected chi connectivity index (χ4v) is 1.67. The third kappa shape index (κ3) is 2.44. The largest absolute Gasteiger partial charge is 0.508 e. The molecule has 2 rings (SSSR count). The van der Waals surface area contributed by atoms with Crippen LogP contribution in [0, 0.1) is 0 Å². The number of hydrogen-bond acceptors (Lipinski definition) is 2. The van der Waals surface area contributed by atoms with Crippen LogP contribution in [0.1, 0.15) is 24.2 Å². The van der Waals surface area contributed by atoms with Crippen LogP contribution in [0.5, 0.6) is 5.75 Å². The van der Waals surface area contributed by atoms with Crippen LogP contribution in [0.25, 0.3) is 0 Å². The summed E-state index contributed by atoms with van der Waals surface area (Å²) in [5, 5.41) is 18.7. The predicted octanol–water partition coefficient (Wildman–Crippen LogP) is 2.30. The van der Waals surface area contributed by atoms with Crippen LogP contribution in [0.2, 0.25) is 0 Å². The maximum atomic E-state index is 9.39. The van der Waals surface area contributed by atoms with Crippen molar-refractivity contribution in [3.8, 4) is 5.75 Å². The number of aliphatic hydroxyl groups excluding tert-OH is 1. The molecule has 1 unspecified atom stereocenters. The third-order valence-corrected chi connectivity index (χ3v) is 2.53. The molecule has 84 valence electrons. The van der Waals surface area contributed by atoms with Gasteiger partial charge in [0.05, 0.1) is 6.10 Å². The summed E-state index contributed by atoms with van der Waals surface area (Å²) in [6.45, 7) is 2.44. The van der Waals surface area contributed by atoms with Gasteiger partial charge in [0.2, 0.25) is 0 Å². The zero-order valence-corrected chi connectivity index (χ0v) is 9.17. The number of hydrogen-bond donors (Lipinski definition) is 2. The molecule has 0 saturated heterocycles. The quantitative estimate of drug-likeness (QED) is 0.828. The Kier molecular flexibility index (Phi) is 2.97. The number of phenolic OH excluding ortho intramolecular Hbond substituents is 1. The van der Waals surface area contributed by atoms with E-state index >= 15 is 0 Å². The summed E-state index contributed by atoms with van der Waals surface area (Å²) < 4.78 is 1.98. The Morgan fingerprint density at radius 2 is 2.12 bits per heavy atom. The van der Waals surface area contributed by atoms with E-state index in [4.69, 9.17) is 0 Å². The predicted molar refractivity (Wildman–Crippen MR) is 62.3 cm³/mol. The highest BCUT2D eigenvalue weighted by Crippen LogP contribution is 2.15. The monoisotopic (exact) mass is 217 g/mol. The molecular formula is C13H15NO2. The van der Waals surface area contributed by atoms with Crippen molar-refractivity contribution in [3.63, 3.8) is 0 Å². The molecule has 0 amide bonds. The van der Waals surface area contributed by atoms with Gasteiger partial charge in [-0.05, 0) is 36.2 Å². The zero-order chi connectivity index (χ0) is 11.5. The van der Waals surface area contributed by atoms with Gasteiger partial charge in [-0.3, -0.25) is 0 Å². The molecule has 0 aliphatic rings. The zero-order valence-electron chi connectivity index (χ0n) is 9.17. The molecule has 1 heterocycles. The summed E-state index contributed by atoms with van der Waals surface area (Å²) in [5.41, 5.74) is 1.94. The Bertz CT molecular complexity index is 474. The molecule has 1 atom stereocenters. The average molecular weight is 217 g/mol. The smallest absolute Gasteiger partial charge is 0.115 e. The summed E-state index contributed by atoms with van der Waals surface area (Å²) in [6.07, 6.45) is 3.39. The van der Waals surface area contributed by atoms with Gasteiger partial charge in [0.1, 0.15) is 5.75 Å². The first kappa shape index (κ1) is 10.8. The van der Waals surface area contributed by atoms with Gasteiger partial charge in [0.15, 0.2) is 0 Å². The average Bonchev–Trinajstić information content (AvgIpc) is 2.66. The Morgan fingerprint density at radius 1 is 1.31 bits per heavy atom. The molecule has 0 radical (unpaired) electrons. The van der Waals surface area contributed by atoms with Crippen molar-refractivity contribution in [2.75, 3.05) is 0 Å². The van der Waals surface area contributed by atoms with E-state index in [2.05, 4.69) is 0 Å². The number of aromatic hydroxyl groups is 1. The summed E-state index contributed by atoms with van der Waals surface area (Å²) in [7, 11) is 0. The van der Waals surface area contributed by atoms with E-state index in [1.54, 1.807) is 19.1 Å². The molecule has 0 spiro atoms. The summed E-state index contributed by atoms with van der Waals surface area (Å²) in [6, 6.07) is 9.07. The van der Waals surface area contributed by atoms with Crippen LogP contribution >= 0.6 is 0 Å². The minimum atomic E-state index is -0.439. The molecule has 0 bridgehead atoms. The highest BCUT2D eigenvalue weighted by molar-refractivity contribution is 5.27. The number of nitrogens with zero attached hydrogens (tertiary/aromatic N) is 1. The molecule has 2 aromatic rings. The van der Waals surface area contributed by atoms with E-state index < -0.39 is 6.10 Å². The molecule has 0 saturated carbocycles.